The molecule has 0 saturated heterocycles. The summed E-state index contributed by atoms with van der Waals surface area (Å²) in [5.41, 5.74) is 1.24. The monoisotopic (exact) mass is 275 g/mol. The lowest BCUT2D eigenvalue weighted by Crippen LogP contribution is -2.37. The van der Waals surface area contributed by atoms with Crippen LogP contribution in [0.1, 0.15) is 46.5 Å². The lowest BCUT2D eigenvalue weighted by Gasteiger charge is -2.15. The fraction of sp³-hybridized carbons (Fsp3) is 0.750. The summed E-state index contributed by atoms with van der Waals surface area (Å²) in [5, 5.41) is 2.90. The van der Waals surface area contributed by atoms with Crippen LogP contribution in [0.3, 0.4) is 0 Å². The van der Waals surface area contributed by atoms with E-state index in [0.29, 0.717) is 0 Å². The minimum Gasteiger partial charge on any atom is -0.355 e. The molecule has 2 nitrogen and oxygen atoms in total. The molecule has 0 aliphatic heterocycles. The summed E-state index contributed by atoms with van der Waals surface area (Å²) in [5.74, 6) is 0.0578. The van der Waals surface area contributed by atoms with Crippen molar-refractivity contribution in [3.8, 4) is 0 Å². The number of nitrogens with one attached hydrogen (secondary N) is 1. The van der Waals surface area contributed by atoms with Crippen molar-refractivity contribution in [2.75, 3.05) is 6.54 Å². The molecular weight excluding hydrogens is 254 g/mol. The van der Waals surface area contributed by atoms with Gasteiger partial charge in [0, 0.05) is 6.54 Å². The minimum atomic E-state index is -0.454. The Morgan fingerprint density at radius 1 is 1.33 bits per heavy atom. The van der Waals surface area contributed by atoms with Crippen LogP contribution in [0.2, 0.25) is 0 Å². The zero-order valence-electron chi connectivity index (χ0n) is 10.0. The SMILES string of the molecule is C=C(C)CCCCCNC(=O)C(C)(C)Br. The average molecular weight is 276 g/mol. The van der Waals surface area contributed by atoms with E-state index in [4.69, 9.17) is 0 Å². The number of rotatable bonds is 7. The lowest BCUT2D eigenvalue weighted by molar-refractivity contribution is -0.122. The second-order valence-corrected chi connectivity index (χ2v) is 6.48. The van der Waals surface area contributed by atoms with Crippen LogP contribution in [-0.4, -0.2) is 16.8 Å². The third kappa shape index (κ3) is 8.67. The van der Waals surface area contributed by atoms with Gasteiger partial charge in [-0.15, -0.1) is 6.58 Å². The summed E-state index contributed by atoms with van der Waals surface area (Å²) in [6, 6.07) is 0. The average Bonchev–Trinajstić information content (AvgIpc) is 2.08. The Morgan fingerprint density at radius 2 is 1.93 bits per heavy atom. The summed E-state index contributed by atoms with van der Waals surface area (Å²) < 4.78 is -0.454. The second kappa shape index (κ2) is 7.04. The highest BCUT2D eigenvalue weighted by molar-refractivity contribution is 9.10. The van der Waals surface area contributed by atoms with E-state index in [1.54, 1.807) is 0 Å². The van der Waals surface area contributed by atoms with Crippen LogP contribution in [-0.2, 0) is 4.79 Å². The van der Waals surface area contributed by atoms with Crippen LogP contribution in [0.15, 0.2) is 12.2 Å². The molecule has 0 unspecified atom stereocenters. The van der Waals surface area contributed by atoms with E-state index >= 15 is 0 Å². The van der Waals surface area contributed by atoms with Gasteiger partial charge in [-0.05, 0) is 40.0 Å². The van der Waals surface area contributed by atoms with Gasteiger partial charge in [0.25, 0.3) is 0 Å². The quantitative estimate of drug-likeness (QED) is 0.431. The van der Waals surface area contributed by atoms with E-state index in [1.807, 2.05) is 13.8 Å². The van der Waals surface area contributed by atoms with E-state index in [-0.39, 0.29) is 5.91 Å². The molecule has 0 aromatic heterocycles. The molecule has 0 saturated carbocycles. The molecule has 0 atom stereocenters. The largest absolute Gasteiger partial charge is 0.355 e. The third-order valence-electron chi connectivity index (χ3n) is 2.11. The van der Waals surface area contributed by atoms with E-state index in [0.717, 1.165) is 25.8 Å². The van der Waals surface area contributed by atoms with Gasteiger partial charge >= 0.3 is 0 Å². The molecule has 0 aromatic carbocycles. The Balaban J connectivity index is 3.40. The Kier molecular flexibility index (Phi) is 6.90. The number of unbranched alkanes of at least 4 members (excludes halogenated alkanes) is 2. The van der Waals surface area contributed by atoms with Crippen LogP contribution < -0.4 is 5.32 Å². The predicted molar refractivity (Wildman–Crippen MR) is 69.3 cm³/mol. The molecular formula is C12H22BrNO. The fourth-order valence-electron chi connectivity index (χ4n) is 1.14. The first-order valence-electron chi connectivity index (χ1n) is 5.45. The topological polar surface area (TPSA) is 29.1 Å². The van der Waals surface area contributed by atoms with E-state index in [9.17, 15) is 4.79 Å². The number of hydrogen-bond donors (Lipinski definition) is 1. The zero-order valence-corrected chi connectivity index (χ0v) is 11.6. The molecule has 15 heavy (non-hydrogen) atoms. The first-order chi connectivity index (χ1) is 6.84. The van der Waals surface area contributed by atoms with Gasteiger partial charge in [0.15, 0.2) is 0 Å². The second-order valence-electron chi connectivity index (χ2n) is 4.50. The van der Waals surface area contributed by atoms with Gasteiger partial charge in [-0.25, -0.2) is 0 Å². The lowest BCUT2D eigenvalue weighted by atomic mass is 10.1. The standard InChI is InChI=1S/C12H22BrNO/c1-10(2)8-6-5-7-9-14-11(15)12(3,4)13/h1,5-9H2,2-4H3,(H,14,15). The minimum absolute atomic E-state index is 0.0578. The van der Waals surface area contributed by atoms with Gasteiger partial charge in [-0.2, -0.15) is 0 Å². The highest BCUT2D eigenvalue weighted by Crippen LogP contribution is 2.15. The van der Waals surface area contributed by atoms with Crippen molar-refractivity contribution < 1.29 is 4.79 Å². The molecule has 1 amide bonds. The molecule has 0 aromatic rings. The molecule has 0 bridgehead atoms. The van der Waals surface area contributed by atoms with Crippen LogP contribution in [0, 0.1) is 0 Å². The van der Waals surface area contributed by atoms with Crippen molar-refractivity contribution >= 4 is 21.8 Å². The van der Waals surface area contributed by atoms with Crippen LogP contribution in [0.25, 0.3) is 0 Å². The maximum atomic E-state index is 11.4. The molecule has 0 aliphatic rings. The van der Waals surface area contributed by atoms with E-state index < -0.39 is 4.32 Å². The number of carbonyl (C=O) groups is 1. The first kappa shape index (κ1) is 14.7. The third-order valence-corrected chi connectivity index (χ3v) is 2.47. The smallest absolute Gasteiger partial charge is 0.236 e. The maximum Gasteiger partial charge on any atom is 0.236 e. The van der Waals surface area contributed by atoms with Crippen molar-refractivity contribution in [2.24, 2.45) is 0 Å². The Hall–Kier alpha value is -0.310. The molecule has 3 heteroatoms. The predicted octanol–water partition coefficient (Wildman–Crippen LogP) is 3.41. The number of carbonyl (C=O) groups excluding carboxylic acids is 1. The number of allylic oxidation sites excluding steroid dienone is 1. The number of amides is 1. The van der Waals surface area contributed by atoms with E-state index in [2.05, 4.69) is 34.7 Å². The van der Waals surface area contributed by atoms with Crippen molar-refractivity contribution in [1.82, 2.24) is 5.32 Å². The normalized spacial score (nSPS) is 11.2. The van der Waals surface area contributed by atoms with Crippen LogP contribution in [0.5, 0.6) is 0 Å². The molecule has 0 fully saturated rings. The van der Waals surface area contributed by atoms with Crippen LogP contribution >= 0.6 is 15.9 Å². The van der Waals surface area contributed by atoms with Crippen molar-refractivity contribution in [3.05, 3.63) is 12.2 Å². The van der Waals surface area contributed by atoms with Crippen LogP contribution in [0.4, 0.5) is 0 Å². The molecule has 0 aliphatic carbocycles. The van der Waals surface area contributed by atoms with E-state index in [1.165, 1.54) is 12.0 Å². The van der Waals surface area contributed by atoms with Gasteiger partial charge in [0.2, 0.25) is 5.91 Å². The van der Waals surface area contributed by atoms with Crippen molar-refractivity contribution in [2.45, 2.75) is 50.8 Å². The van der Waals surface area contributed by atoms with Crippen molar-refractivity contribution in [1.29, 1.82) is 0 Å². The summed E-state index contributed by atoms with van der Waals surface area (Å²) in [4.78, 5) is 11.4. The molecule has 0 heterocycles. The molecule has 88 valence electrons. The number of alkyl halides is 1. The van der Waals surface area contributed by atoms with Gasteiger partial charge < -0.3 is 5.32 Å². The maximum absolute atomic E-state index is 11.4. The Bertz CT molecular complexity index is 218. The van der Waals surface area contributed by atoms with Gasteiger partial charge in [-0.3, -0.25) is 4.79 Å². The molecule has 0 spiro atoms. The summed E-state index contributed by atoms with van der Waals surface area (Å²) >= 11 is 3.32. The Labute approximate surface area is 102 Å². The highest BCUT2D eigenvalue weighted by atomic mass is 79.9. The van der Waals surface area contributed by atoms with Gasteiger partial charge in [0.1, 0.15) is 0 Å². The fourth-order valence-corrected chi connectivity index (χ4v) is 1.28. The first-order valence-corrected chi connectivity index (χ1v) is 6.25. The zero-order chi connectivity index (χ0) is 11.9. The summed E-state index contributed by atoms with van der Waals surface area (Å²) in [6.45, 7) is 10.4. The number of halogens is 1. The Morgan fingerprint density at radius 3 is 2.40 bits per heavy atom. The highest BCUT2D eigenvalue weighted by Gasteiger charge is 2.22. The van der Waals surface area contributed by atoms with Crippen molar-refractivity contribution in [3.63, 3.8) is 0 Å². The van der Waals surface area contributed by atoms with Gasteiger partial charge in [0.05, 0.1) is 4.32 Å². The summed E-state index contributed by atoms with van der Waals surface area (Å²) in [7, 11) is 0. The number of hydrogen-bond acceptors (Lipinski definition) is 1. The molecule has 1 N–H and O–H groups in total. The molecule has 0 radical (unpaired) electrons. The summed E-state index contributed by atoms with van der Waals surface area (Å²) in [6.07, 6.45) is 4.46. The van der Waals surface area contributed by atoms with Gasteiger partial charge in [-0.1, -0.05) is 27.9 Å². The molecule has 0 rings (SSSR count).